The van der Waals surface area contributed by atoms with Crippen molar-refractivity contribution in [1.82, 2.24) is 48.2 Å². The maximum atomic E-state index is 15.6. The lowest BCUT2D eigenvalue weighted by molar-refractivity contribution is 0.340. The van der Waals surface area contributed by atoms with Gasteiger partial charge in [0, 0.05) is 104 Å². The molecule has 6 aliphatic carbocycles. The van der Waals surface area contributed by atoms with E-state index in [2.05, 4.69) is 62.9 Å². The van der Waals surface area contributed by atoms with Gasteiger partial charge in [0.25, 0.3) is 22.2 Å². The van der Waals surface area contributed by atoms with Crippen LogP contribution in [-0.4, -0.2) is 101 Å². The maximum Gasteiger partial charge on any atom is 0.296 e. The van der Waals surface area contributed by atoms with Crippen molar-refractivity contribution in [3.63, 3.8) is 0 Å². The number of piperidine rings is 2. The molecule has 22 rings (SSSR count). The average Bonchev–Trinajstić information content (AvgIpc) is 1.68. The predicted octanol–water partition coefficient (Wildman–Crippen LogP) is 23.8. The number of benzene rings is 6. The molecule has 686 valence electrons. The van der Waals surface area contributed by atoms with E-state index < -0.39 is 34.6 Å². The van der Waals surface area contributed by atoms with Gasteiger partial charge in [-0.25, -0.2) is 56.9 Å². The Hall–Kier alpha value is -13.8. The monoisotopic (exact) mass is 1830 g/mol. The molecular formula is C107H102ClF5N18O4. The van der Waals surface area contributed by atoms with Gasteiger partial charge < -0.3 is 19.6 Å². The van der Waals surface area contributed by atoms with Crippen LogP contribution in [0.3, 0.4) is 0 Å². The minimum Gasteiger partial charge on any atom is -0.356 e. The molecule has 0 amide bonds. The summed E-state index contributed by atoms with van der Waals surface area (Å²) in [6.07, 6.45) is 28.3. The van der Waals surface area contributed by atoms with Crippen LogP contribution in [0.15, 0.2) is 183 Å². The first-order chi connectivity index (χ1) is 65.4. The quantitative estimate of drug-likeness (QED) is 0.0654. The molecule has 0 radical (unpaired) electrons. The van der Waals surface area contributed by atoms with E-state index in [9.17, 15) is 36.7 Å². The molecule has 0 unspecified atom stereocenters. The van der Waals surface area contributed by atoms with Gasteiger partial charge >= 0.3 is 0 Å². The van der Waals surface area contributed by atoms with Crippen molar-refractivity contribution >= 4 is 57.6 Å². The van der Waals surface area contributed by atoms with Crippen LogP contribution < -0.4 is 41.8 Å². The fraction of sp³-hybridized carbons (Fsp3) is 0.383. The SMILES string of the molecule is [C-]#[N+]c1ccc(-c2nc(N3CCC(C)CC3)c(C)c(=O)n2-c2ccc(C3CC3)nc2)cc1F.[C-]#[N+]c1ccc(-c2nc(N3CCC(C)CC3)cc(=O)n2-c2ccc(C3CC3)nc2)cc1F.[C-]#[N+]c1ccc(-c2nc(N3CCC4(CCCC4)C3)c(Cl)c(=O)n2-c2ccc(C3CC3)cc2)cc1F.[C-]#[N+]c1ccc(-c2nc(N3CCC4(CCCC4)C3)c(F)c(=O)n2-c2ccc(C3CC3)cc2)cc1F. The lowest BCUT2D eigenvalue weighted by Crippen LogP contribution is -2.36. The molecule has 12 aromatic rings. The summed E-state index contributed by atoms with van der Waals surface area (Å²) >= 11 is 6.70. The van der Waals surface area contributed by atoms with Crippen LogP contribution in [0.25, 0.3) is 87.7 Å². The van der Waals surface area contributed by atoms with E-state index in [1.54, 1.807) is 61.8 Å². The Morgan fingerprint density at radius 3 is 1.10 bits per heavy atom. The molecule has 10 heterocycles. The first-order valence-electron chi connectivity index (χ1n) is 47.2. The summed E-state index contributed by atoms with van der Waals surface area (Å²) in [5, 5.41) is 0.0910. The second-order valence-corrected chi connectivity index (χ2v) is 38.8. The molecular weight excluding hydrogens is 1730 g/mol. The third kappa shape index (κ3) is 18.9. The smallest absolute Gasteiger partial charge is 0.296 e. The molecule has 6 aromatic heterocycles. The van der Waals surface area contributed by atoms with E-state index >= 15 is 4.39 Å². The molecule has 2 spiro atoms. The summed E-state index contributed by atoms with van der Waals surface area (Å²) in [6, 6.07) is 41.9. The molecule has 22 nitrogen and oxygen atoms in total. The van der Waals surface area contributed by atoms with E-state index in [-0.39, 0.29) is 66.9 Å². The van der Waals surface area contributed by atoms with Gasteiger partial charge in [-0.05, 0) is 241 Å². The highest BCUT2D eigenvalue weighted by Gasteiger charge is 2.44. The average molecular weight is 1830 g/mol. The van der Waals surface area contributed by atoms with Crippen molar-refractivity contribution in [2.75, 3.05) is 72.0 Å². The minimum absolute atomic E-state index is 0.0364. The van der Waals surface area contributed by atoms with Crippen molar-refractivity contribution in [2.24, 2.45) is 22.7 Å². The number of rotatable bonds is 16. The number of nitrogens with zero attached hydrogens (tertiary/aromatic N) is 18. The van der Waals surface area contributed by atoms with Gasteiger partial charge in [-0.3, -0.25) is 47.4 Å². The third-order valence-corrected chi connectivity index (χ3v) is 29.3. The summed E-state index contributed by atoms with van der Waals surface area (Å²) in [4.78, 5) is 104. The zero-order valence-electron chi connectivity index (χ0n) is 75.7. The van der Waals surface area contributed by atoms with Crippen LogP contribution >= 0.6 is 11.6 Å². The fourth-order valence-electron chi connectivity index (χ4n) is 20.3. The number of halogens is 6. The van der Waals surface area contributed by atoms with Crippen LogP contribution in [-0.2, 0) is 0 Å². The van der Waals surface area contributed by atoms with Gasteiger partial charge in [0.1, 0.15) is 63.2 Å². The van der Waals surface area contributed by atoms with Crippen molar-refractivity contribution in [3.8, 4) is 68.3 Å². The van der Waals surface area contributed by atoms with E-state index in [0.29, 0.717) is 134 Å². The van der Waals surface area contributed by atoms with E-state index in [0.717, 1.165) is 141 Å². The van der Waals surface area contributed by atoms with Crippen LogP contribution in [0, 0.1) is 85.0 Å². The second kappa shape index (κ2) is 38.0. The summed E-state index contributed by atoms with van der Waals surface area (Å²) in [5.74, 6) is 2.96. The summed E-state index contributed by atoms with van der Waals surface area (Å²) in [5.41, 5.74) is 7.63. The van der Waals surface area contributed by atoms with Crippen LogP contribution in [0.1, 0.15) is 207 Å². The predicted molar refractivity (Wildman–Crippen MR) is 516 cm³/mol. The topological polar surface area (TPSA) is 196 Å². The molecule has 0 atom stereocenters. The Labute approximate surface area is 785 Å². The molecule has 10 fully saturated rings. The first-order valence-corrected chi connectivity index (χ1v) is 47.6. The largest absolute Gasteiger partial charge is 0.356 e. The maximum absolute atomic E-state index is 15.6. The molecule has 135 heavy (non-hydrogen) atoms. The van der Waals surface area contributed by atoms with Crippen molar-refractivity contribution in [3.05, 3.63) is 313 Å². The molecule has 28 heteroatoms. The standard InChI is InChI=1S/C28H26ClFN4O.C28H26F2N4O.C26H26FN5O.C25H24FN5O/c1-31-23-11-8-20(16-22(23)30)25-32-26(33-15-14-28(17-33)12-2-3-13-28)24(29)27(35)34(25)21-9-6-19(7-10-21)18-4-5-18;1-31-23-11-8-20(16-22(23)29)25-32-26(33-15-14-28(17-33)12-2-3-13-28)24(30)27(35)34(25)21-9-6-19(7-10-21)18-4-5-18;1-16-10-12-31(13-11-16)24-17(2)26(33)32(20-7-9-22(29-15-20)18-4-5-18)25(30-24)19-6-8-23(28-3)21(27)14-19;1-16-9-11-30(12-10-16)23-14-24(32)31(19-6-8-21(28-15-19)17-3-4-17)25(29-23)18-5-7-22(27-2)20(26)13-18/h2*6-11,16,18H,2-5,12-15,17H2;6-9,14-16,18H,4-5,10-13H2,1-2H3;5-8,13-17H,3-4,9-12H2,1H3. The molecule has 0 N–H and O–H groups in total. The van der Waals surface area contributed by atoms with Crippen molar-refractivity contribution in [1.29, 1.82) is 0 Å². The van der Waals surface area contributed by atoms with Crippen LogP contribution in [0.4, 0.5) is 68.0 Å². The van der Waals surface area contributed by atoms with Gasteiger partial charge in [-0.2, -0.15) is 4.39 Å². The van der Waals surface area contributed by atoms with Gasteiger partial charge in [0.2, 0.25) is 28.6 Å². The zero-order chi connectivity index (χ0) is 93.7. The molecule has 10 aliphatic rings. The normalized spacial score (nSPS) is 17.8. The summed E-state index contributed by atoms with van der Waals surface area (Å²) < 4.78 is 79.6. The Balaban J connectivity index is 0.000000116. The number of anilines is 4. The Bertz CT molecular complexity index is 6800. The fourth-order valence-corrected chi connectivity index (χ4v) is 20.5. The minimum atomic E-state index is -0.881. The highest BCUT2D eigenvalue weighted by molar-refractivity contribution is 6.32. The van der Waals surface area contributed by atoms with Gasteiger partial charge in [0.05, 0.1) is 67.0 Å². The molecule has 4 saturated heterocycles. The van der Waals surface area contributed by atoms with Crippen molar-refractivity contribution < 1.29 is 22.0 Å². The van der Waals surface area contributed by atoms with E-state index in [1.165, 1.54) is 129 Å². The molecule has 4 aliphatic heterocycles. The summed E-state index contributed by atoms with van der Waals surface area (Å²) in [7, 11) is 0. The highest BCUT2D eigenvalue weighted by Crippen LogP contribution is 2.50. The van der Waals surface area contributed by atoms with Gasteiger partial charge in [-0.1, -0.05) is 124 Å². The van der Waals surface area contributed by atoms with Crippen LogP contribution in [0.5, 0.6) is 0 Å². The first kappa shape index (κ1) is 90.4. The van der Waals surface area contributed by atoms with E-state index in [4.69, 9.17) is 52.8 Å². The van der Waals surface area contributed by atoms with E-state index in [1.807, 2.05) is 65.6 Å². The Morgan fingerprint density at radius 2 is 0.719 bits per heavy atom. The molecule has 0 bridgehead atoms. The number of aromatic nitrogens is 10. The van der Waals surface area contributed by atoms with Crippen molar-refractivity contribution in [2.45, 2.75) is 186 Å². The van der Waals surface area contributed by atoms with Crippen LogP contribution in [0.2, 0.25) is 5.02 Å². The third-order valence-electron chi connectivity index (χ3n) is 29.0. The Kier molecular flexibility index (Phi) is 25.4. The number of pyridine rings is 2. The molecule has 6 aromatic carbocycles. The molecule has 6 saturated carbocycles. The second-order valence-electron chi connectivity index (χ2n) is 38.4. The number of hydrogen-bond donors (Lipinski definition) is 0. The zero-order valence-corrected chi connectivity index (χ0v) is 76.5. The van der Waals surface area contributed by atoms with Gasteiger partial charge in [0.15, 0.2) is 11.6 Å². The lowest BCUT2D eigenvalue weighted by atomic mass is 9.86. The Morgan fingerprint density at radius 1 is 0.363 bits per heavy atom. The lowest BCUT2D eigenvalue weighted by Gasteiger charge is -2.32. The van der Waals surface area contributed by atoms with Gasteiger partial charge in [-0.15, -0.1) is 0 Å². The number of hydrogen-bond acceptors (Lipinski definition) is 14. The highest BCUT2D eigenvalue weighted by atomic mass is 35.5. The summed E-state index contributed by atoms with van der Waals surface area (Å²) in [6.45, 7) is 41.1.